The minimum Gasteiger partial charge on any atom is -0.493 e. The molecule has 1 aromatic carbocycles. The average molecular weight is 467 g/mol. The summed E-state index contributed by atoms with van der Waals surface area (Å²) in [6.07, 6.45) is -3.89. The molecule has 10 heteroatoms. The van der Waals surface area contributed by atoms with Crippen LogP contribution in [0.25, 0.3) is 0 Å². The quantitative estimate of drug-likeness (QED) is 0.738. The first-order valence-electron chi connectivity index (χ1n) is 10.8. The van der Waals surface area contributed by atoms with Crippen molar-refractivity contribution in [2.24, 2.45) is 0 Å². The Labute approximate surface area is 190 Å². The second kappa shape index (κ2) is 8.40. The molecule has 1 amide bonds. The molecule has 1 fully saturated rings. The number of halogens is 3. The first-order valence-corrected chi connectivity index (χ1v) is 10.8. The molecule has 0 bridgehead atoms. The third kappa shape index (κ3) is 4.19. The average Bonchev–Trinajstić information content (AvgIpc) is 3.24. The number of aromatic nitrogens is 1. The Balaban J connectivity index is 0.00000324. The number of rotatable bonds is 4. The molecule has 1 spiro atoms. The maximum Gasteiger partial charge on any atom is 0.431 e. The van der Waals surface area contributed by atoms with Crippen molar-refractivity contribution in [3.8, 4) is 11.5 Å². The van der Waals surface area contributed by atoms with Crippen molar-refractivity contribution in [2.45, 2.75) is 44.5 Å². The lowest BCUT2D eigenvalue weighted by atomic mass is 9.82. The lowest BCUT2D eigenvalue weighted by molar-refractivity contribution is -0.142. The first-order chi connectivity index (χ1) is 15.6. The summed E-state index contributed by atoms with van der Waals surface area (Å²) in [6, 6.07) is 7.31. The van der Waals surface area contributed by atoms with Gasteiger partial charge in [-0.3, -0.25) is 19.5 Å². The number of nitrogens with zero attached hydrogens (tertiary/aromatic N) is 2. The molecule has 2 aliphatic rings. The van der Waals surface area contributed by atoms with Gasteiger partial charge in [0.15, 0.2) is 11.5 Å². The lowest BCUT2D eigenvalue weighted by Gasteiger charge is -2.45. The number of carbonyl (C=O) groups excluding carboxylic acids is 2. The molecule has 180 valence electrons. The van der Waals surface area contributed by atoms with E-state index in [1.165, 1.54) is 13.2 Å². The summed E-state index contributed by atoms with van der Waals surface area (Å²) in [7, 11) is 1.50. The Morgan fingerprint density at radius 1 is 1.15 bits per heavy atom. The van der Waals surface area contributed by atoms with E-state index in [2.05, 4.69) is 5.32 Å². The number of fused-ring (bicyclic) bond motifs is 2. The molecule has 0 radical (unpaired) electrons. The van der Waals surface area contributed by atoms with Crippen molar-refractivity contribution in [3.63, 3.8) is 0 Å². The SMILES string of the molecule is COc1cc(C(=O)N2CCC3(CC2)NCC(=O)n2c(C(F)(F)F)ccc23)ccc1OC(C)C.[HH]. The monoisotopic (exact) mass is 467 g/mol. The minimum absolute atomic E-state index is 0. The van der Waals surface area contributed by atoms with E-state index in [9.17, 15) is 22.8 Å². The van der Waals surface area contributed by atoms with Gasteiger partial charge in [-0.15, -0.1) is 0 Å². The summed E-state index contributed by atoms with van der Waals surface area (Å²) < 4.78 is 52.0. The molecular formula is C23H28F3N3O4. The van der Waals surface area contributed by atoms with Crippen LogP contribution in [0.1, 0.15) is 54.7 Å². The van der Waals surface area contributed by atoms with Crippen LogP contribution in [0.15, 0.2) is 30.3 Å². The van der Waals surface area contributed by atoms with Gasteiger partial charge in [0, 0.05) is 25.8 Å². The predicted octanol–water partition coefficient (Wildman–Crippen LogP) is 3.92. The highest BCUT2D eigenvalue weighted by atomic mass is 19.4. The Hall–Kier alpha value is -3.01. The Kier molecular flexibility index (Phi) is 5.90. The van der Waals surface area contributed by atoms with Crippen LogP contribution in [0.2, 0.25) is 0 Å². The number of methoxy groups -OCH3 is 1. The zero-order valence-electron chi connectivity index (χ0n) is 18.7. The van der Waals surface area contributed by atoms with Crippen LogP contribution < -0.4 is 14.8 Å². The molecule has 33 heavy (non-hydrogen) atoms. The Morgan fingerprint density at radius 3 is 2.45 bits per heavy atom. The second-order valence-electron chi connectivity index (χ2n) is 8.59. The van der Waals surface area contributed by atoms with Gasteiger partial charge in [0.05, 0.1) is 25.3 Å². The van der Waals surface area contributed by atoms with Crippen molar-refractivity contribution in [2.75, 3.05) is 26.7 Å². The van der Waals surface area contributed by atoms with Crippen molar-refractivity contribution >= 4 is 11.8 Å². The third-order valence-electron chi connectivity index (χ3n) is 6.17. The fourth-order valence-electron chi connectivity index (χ4n) is 4.57. The highest BCUT2D eigenvalue weighted by Gasteiger charge is 2.47. The van der Waals surface area contributed by atoms with E-state index in [1.54, 1.807) is 23.1 Å². The molecular weight excluding hydrogens is 439 g/mol. The summed E-state index contributed by atoms with van der Waals surface area (Å²) in [5.74, 6) is 0.159. The van der Waals surface area contributed by atoms with Crippen LogP contribution >= 0.6 is 0 Å². The van der Waals surface area contributed by atoms with Crippen molar-refractivity contribution in [1.82, 2.24) is 14.8 Å². The number of hydrogen-bond donors (Lipinski definition) is 1. The number of likely N-dealkylation sites (tertiary alicyclic amines) is 1. The van der Waals surface area contributed by atoms with Crippen molar-refractivity contribution in [3.05, 3.63) is 47.3 Å². The number of hydrogen-bond acceptors (Lipinski definition) is 5. The molecule has 1 N–H and O–H groups in total. The number of amides is 1. The Morgan fingerprint density at radius 2 is 1.85 bits per heavy atom. The standard InChI is InChI=1S/C23H26F3N3O4.H2/c1-14(2)33-16-5-4-15(12-17(16)32-3)21(31)28-10-8-22(9-11-28)18-6-7-19(23(24,25)26)29(18)20(30)13-27-22;/h4-7,12,14,27H,8-11,13H2,1-3H3;1H. The number of piperidine rings is 1. The van der Waals surface area contributed by atoms with Crippen LogP contribution in [0, 0.1) is 0 Å². The number of benzene rings is 1. The van der Waals surface area contributed by atoms with Gasteiger partial charge in [-0.05, 0) is 57.0 Å². The van der Waals surface area contributed by atoms with Gasteiger partial charge in [0.2, 0.25) is 5.91 Å². The molecule has 0 atom stereocenters. The normalized spacial score (nSPS) is 17.9. The number of alkyl halides is 3. The van der Waals surface area contributed by atoms with Gasteiger partial charge in [-0.25, -0.2) is 0 Å². The van der Waals surface area contributed by atoms with Gasteiger partial charge in [-0.2, -0.15) is 13.2 Å². The van der Waals surface area contributed by atoms with Gasteiger partial charge in [0.25, 0.3) is 5.91 Å². The van der Waals surface area contributed by atoms with E-state index in [-0.39, 0.29) is 20.0 Å². The molecule has 2 aliphatic heterocycles. The fourth-order valence-corrected chi connectivity index (χ4v) is 4.57. The fraction of sp³-hybridized carbons (Fsp3) is 0.478. The van der Waals surface area contributed by atoms with E-state index in [1.807, 2.05) is 13.8 Å². The molecule has 1 saturated heterocycles. The zero-order chi connectivity index (χ0) is 24.0. The van der Waals surface area contributed by atoms with Crippen molar-refractivity contribution in [1.29, 1.82) is 0 Å². The van der Waals surface area contributed by atoms with Crippen LogP contribution in [0.4, 0.5) is 13.2 Å². The molecule has 2 aromatic rings. The highest BCUT2D eigenvalue weighted by molar-refractivity contribution is 5.95. The molecule has 0 aliphatic carbocycles. The molecule has 0 saturated carbocycles. The lowest BCUT2D eigenvalue weighted by Crippen LogP contribution is -2.58. The molecule has 1 aromatic heterocycles. The summed E-state index contributed by atoms with van der Waals surface area (Å²) in [4.78, 5) is 27.0. The molecule has 0 unspecified atom stereocenters. The van der Waals surface area contributed by atoms with Crippen LogP contribution in [0.5, 0.6) is 11.5 Å². The summed E-state index contributed by atoms with van der Waals surface area (Å²) >= 11 is 0. The zero-order valence-corrected chi connectivity index (χ0v) is 18.7. The largest absolute Gasteiger partial charge is 0.493 e. The van der Waals surface area contributed by atoms with Crippen LogP contribution in [0.3, 0.4) is 0 Å². The maximum atomic E-state index is 13.4. The summed E-state index contributed by atoms with van der Waals surface area (Å²) in [6.45, 7) is 4.26. The molecule has 4 rings (SSSR count). The van der Waals surface area contributed by atoms with E-state index >= 15 is 0 Å². The first kappa shape index (κ1) is 23.2. The number of carbonyl (C=O) groups is 2. The van der Waals surface area contributed by atoms with Crippen molar-refractivity contribution < 1.29 is 33.7 Å². The molecule has 7 nitrogen and oxygen atoms in total. The smallest absolute Gasteiger partial charge is 0.431 e. The van der Waals surface area contributed by atoms with E-state index in [0.29, 0.717) is 48.7 Å². The van der Waals surface area contributed by atoms with Gasteiger partial charge in [0.1, 0.15) is 5.69 Å². The predicted molar refractivity (Wildman–Crippen MR) is 116 cm³/mol. The maximum absolute atomic E-state index is 13.4. The van der Waals surface area contributed by atoms with Gasteiger partial charge in [-0.1, -0.05) is 0 Å². The van der Waals surface area contributed by atoms with Crippen LogP contribution in [-0.2, 0) is 11.7 Å². The Bertz CT molecular complexity index is 1080. The van der Waals surface area contributed by atoms with Crippen LogP contribution in [-0.4, -0.2) is 54.1 Å². The summed E-state index contributed by atoms with van der Waals surface area (Å²) in [5, 5.41) is 3.14. The number of nitrogens with one attached hydrogen (secondary N) is 1. The van der Waals surface area contributed by atoms with E-state index in [4.69, 9.17) is 9.47 Å². The highest BCUT2D eigenvalue weighted by Crippen LogP contribution is 2.40. The van der Waals surface area contributed by atoms with Gasteiger partial charge < -0.3 is 14.4 Å². The van der Waals surface area contributed by atoms with E-state index in [0.717, 1.165) is 10.6 Å². The topological polar surface area (TPSA) is 72.8 Å². The third-order valence-corrected chi connectivity index (χ3v) is 6.17. The molecule has 3 heterocycles. The minimum atomic E-state index is -4.62. The number of ether oxygens (including phenoxy) is 2. The van der Waals surface area contributed by atoms with E-state index < -0.39 is 23.3 Å². The van der Waals surface area contributed by atoms with Gasteiger partial charge >= 0.3 is 6.18 Å². The summed E-state index contributed by atoms with van der Waals surface area (Å²) in [5.41, 5.74) is -1.01. The second-order valence-corrected chi connectivity index (χ2v) is 8.59.